The summed E-state index contributed by atoms with van der Waals surface area (Å²) in [5.41, 5.74) is 5.59. The lowest BCUT2D eigenvalue weighted by Crippen LogP contribution is -2.41. The van der Waals surface area contributed by atoms with E-state index in [0.717, 1.165) is 0 Å². The minimum atomic E-state index is -0.906. The zero-order valence-electron chi connectivity index (χ0n) is 10.4. The Bertz CT molecular complexity index is 214. The molecule has 2 atom stereocenters. The third-order valence-electron chi connectivity index (χ3n) is 2.24. The van der Waals surface area contributed by atoms with Gasteiger partial charge in [0.05, 0.1) is 18.6 Å². The topological polar surface area (TPSA) is 95.6 Å². The molecule has 0 aliphatic rings. The number of carbonyl (C=O) groups excluding carboxylic acids is 1. The van der Waals surface area contributed by atoms with Crippen molar-refractivity contribution in [3.63, 3.8) is 0 Å². The Morgan fingerprint density at radius 3 is 2.38 bits per heavy atom. The molecule has 5 N–H and O–H groups in total. The predicted molar refractivity (Wildman–Crippen MR) is 62.7 cm³/mol. The molecule has 0 rings (SSSR count). The summed E-state index contributed by atoms with van der Waals surface area (Å²) in [6.07, 6.45) is -0.207. The number of nitrogens with one attached hydrogen (secondary N) is 1. The van der Waals surface area contributed by atoms with E-state index in [4.69, 9.17) is 15.9 Å². The standard InChI is InChI=1S/C11H24N2O3/c1-11(2,3)4-8(5-12)10(16)13-6-9(15)7-14/h8-9,14-15H,4-7,12H2,1-3H3,(H,13,16). The number of aliphatic hydroxyl groups is 2. The smallest absolute Gasteiger partial charge is 0.224 e. The van der Waals surface area contributed by atoms with Gasteiger partial charge in [0.15, 0.2) is 0 Å². The fraction of sp³-hybridized carbons (Fsp3) is 0.909. The van der Waals surface area contributed by atoms with Gasteiger partial charge in [0.2, 0.25) is 5.91 Å². The van der Waals surface area contributed by atoms with Gasteiger partial charge in [-0.3, -0.25) is 4.79 Å². The zero-order valence-corrected chi connectivity index (χ0v) is 10.4. The number of carbonyl (C=O) groups is 1. The lowest BCUT2D eigenvalue weighted by Gasteiger charge is -2.24. The fourth-order valence-corrected chi connectivity index (χ4v) is 1.45. The number of hydrogen-bond acceptors (Lipinski definition) is 4. The number of amides is 1. The van der Waals surface area contributed by atoms with Crippen molar-refractivity contribution in [2.45, 2.75) is 33.3 Å². The van der Waals surface area contributed by atoms with Crippen molar-refractivity contribution in [3.8, 4) is 0 Å². The maximum Gasteiger partial charge on any atom is 0.224 e. The molecule has 0 aliphatic heterocycles. The van der Waals surface area contributed by atoms with Crippen LogP contribution in [0.1, 0.15) is 27.2 Å². The summed E-state index contributed by atoms with van der Waals surface area (Å²) in [6, 6.07) is 0. The van der Waals surface area contributed by atoms with Crippen molar-refractivity contribution in [2.75, 3.05) is 19.7 Å². The van der Waals surface area contributed by atoms with Crippen LogP contribution < -0.4 is 11.1 Å². The van der Waals surface area contributed by atoms with Gasteiger partial charge >= 0.3 is 0 Å². The summed E-state index contributed by atoms with van der Waals surface area (Å²) in [6.45, 7) is 6.14. The van der Waals surface area contributed by atoms with E-state index < -0.39 is 6.10 Å². The second kappa shape index (κ2) is 6.83. The second-order valence-electron chi connectivity index (χ2n) is 5.28. The van der Waals surface area contributed by atoms with Crippen LogP contribution in [0.3, 0.4) is 0 Å². The first-order valence-corrected chi connectivity index (χ1v) is 5.57. The van der Waals surface area contributed by atoms with Crippen molar-refractivity contribution in [3.05, 3.63) is 0 Å². The summed E-state index contributed by atoms with van der Waals surface area (Å²) in [5, 5.41) is 20.3. The summed E-state index contributed by atoms with van der Waals surface area (Å²) in [4.78, 5) is 11.7. The molecule has 96 valence electrons. The Morgan fingerprint density at radius 2 is 2.00 bits per heavy atom. The van der Waals surface area contributed by atoms with Gasteiger partial charge in [-0.05, 0) is 11.8 Å². The van der Waals surface area contributed by atoms with Crippen molar-refractivity contribution >= 4 is 5.91 Å². The van der Waals surface area contributed by atoms with Crippen LogP contribution in [0.15, 0.2) is 0 Å². The molecule has 0 aromatic heterocycles. The largest absolute Gasteiger partial charge is 0.394 e. The van der Waals surface area contributed by atoms with Crippen LogP contribution in [0.2, 0.25) is 0 Å². The molecule has 0 aromatic carbocycles. The van der Waals surface area contributed by atoms with Crippen LogP contribution in [-0.4, -0.2) is 41.9 Å². The van der Waals surface area contributed by atoms with E-state index in [1.54, 1.807) is 0 Å². The number of aliphatic hydroxyl groups excluding tert-OH is 2. The van der Waals surface area contributed by atoms with Gasteiger partial charge in [-0.2, -0.15) is 0 Å². The monoisotopic (exact) mass is 232 g/mol. The highest BCUT2D eigenvalue weighted by molar-refractivity contribution is 5.78. The first-order chi connectivity index (χ1) is 7.30. The molecule has 0 bridgehead atoms. The van der Waals surface area contributed by atoms with E-state index in [0.29, 0.717) is 13.0 Å². The number of hydrogen-bond donors (Lipinski definition) is 4. The summed E-state index contributed by atoms with van der Waals surface area (Å²) >= 11 is 0. The highest BCUT2D eigenvalue weighted by Gasteiger charge is 2.23. The highest BCUT2D eigenvalue weighted by atomic mass is 16.3. The van der Waals surface area contributed by atoms with Crippen molar-refractivity contribution < 1.29 is 15.0 Å². The lowest BCUT2D eigenvalue weighted by atomic mass is 9.84. The first kappa shape index (κ1) is 15.3. The van der Waals surface area contributed by atoms with Gasteiger partial charge in [-0.25, -0.2) is 0 Å². The SMILES string of the molecule is CC(C)(C)CC(CN)C(=O)NCC(O)CO. The summed E-state index contributed by atoms with van der Waals surface area (Å²) < 4.78 is 0. The minimum Gasteiger partial charge on any atom is -0.394 e. The molecule has 0 aromatic rings. The van der Waals surface area contributed by atoms with Crippen molar-refractivity contribution in [2.24, 2.45) is 17.1 Å². The first-order valence-electron chi connectivity index (χ1n) is 5.57. The summed E-state index contributed by atoms with van der Waals surface area (Å²) in [5.74, 6) is -0.407. The van der Waals surface area contributed by atoms with Gasteiger partial charge in [0.1, 0.15) is 0 Å². The Balaban J connectivity index is 4.11. The van der Waals surface area contributed by atoms with Crippen LogP contribution in [0.25, 0.3) is 0 Å². The quantitative estimate of drug-likeness (QED) is 0.495. The Kier molecular flexibility index (Phi) is 6.55. The van der Waals surface area contributed by atoms with Crippen molar-refractivity contribution in [1.82, 2.24) is 5.32 Å². The van der Waals surface area contributed by atoms with Crippen LogP contribution in [-0.2, 0) is 4.79 Å². The van der Waals surface area contributed by atoms with Crippen LogP contribution in [0.4, 0.5) is 0 Å². The molecule has 0 radical (unpaired) electrons. The molecule has 0 spiro atoms. The van der Waals surface area contributed by atoms with E-state index in [1.807, 2.05) is 20.8 Å². The average Bonchev–Trinajstić information content (AvgIpc) is 2.20. The maximum atomic E-state index is 11.7. The molecule has 2 unspecified atom stereocenters. The maximum absolute atomic E-state index is 11.7. The predicted octanol–water partition coefficient (Wildman–Crippen LogP) is -0.533. The van der Waals surface area contributed by atoms with Gasteiger partial charge < -0.3 is 21.3 Å². The Hall–Kier alpha value is -0.650. The van der Waals surface area contributed by atoms with Gasteiger partial charge in [-0.1, -0.05) is 20.8 Å². The summed E-state index contributed by atoms with van der Waals surface area (Å²) in [7, 11) is 0. The molecular weight excluding hydrogens is 208 g/mol. The molecule has 0 fully saturated rings. The highest BCUT2D eigenvalue weighted by Crippen LogP contribution is 2.23. The van der Waals surface area contributed by atoms with E-state index in [-0.39, 0.29) is 30.4 Å². The molecule has 16 heavy (non-hydrogen) atoms. The molecule has 5 heteroatoms. The molecule has 0 heterocycles. The molecule has 1 amide bonds. The van der Waals surface area contributed by atoms with E-state index in [2.05, 4.69) is 5.32 Å². The Morgan fingerprint density at radius 1 is 1.44 bits per heavy atom. The van der Waals surface area contributed by atoms with Crippen LogP contribution >= 0.6 is 0 Å². The molecular formula is C11H24N2O3. The van der Waals surface area contributed by atoms with Crippen LogP contribution in [0, 0.1) is 11.3 Å². The normalized spacial score (nSPS) is 15.6. The number of rotatable bonds is 6. The minimum absolute atomic E-state index is 0.0387. The van der Waals surface area contributed by atoms with Gasteiger partial charge in [0.25, 0.3) is 0 Å². The third kappa shape index (κ3) is 6.76. The van der Waals surface area contributed by atoms with Gasteiger partial charge in [-0.15, -0.1) is 0 Å². The fourth-order valence-electron chi connectivity index (χ4n) is 1.45. The van der Waals surface area contributed by atoms with E-state index in [9.17, 15) is 4.79 Å². The third-order valence-corrected chi connectivity index (χ3v) is 2.24. The number of nitrogens with two attached hydrogens (primary N) is 1. The molecule has 0 saturated heterocycles. The van der Waals surface area contributed by atoms with Crippen molar-refractivity contribution in [1.29, 1.82) is 0 Å². The molecule has 5 nitrogen and oxygen atoms in total. The van der Waals surface area contributed by atoms with E-state index in [1.165, 1.54) is 0 Å². The van der Waals surface area contributed by atoms with Gasteiger partial charge in [0, 0.05) is 13.1 Å². The molecule has 0 aliphatic carbocycles. The molecule has 0 saturated carbocycles. The lowest BCUT2D eigenvalue weighted by molar-refractivity contribution is -0.126. The average molecular weight is 232 g/mol. The van der Waals surface area contributed by atoms with E-state index >= 15 is 0 Å². The van der Waals surface area contributed by atoms with Crippen LogP contribution in [0.5, 0.6) is 0 Å². The zero-order chi connectivity index (χ0) is 12.8. The second-order valence-corrected chi connectivity index (χ2v) is 5.28. The Labute approximate surface area is 97.0 Å².